The Morgan fingerprint density at radius 2 is 1.69 bits per heavy atom. The first-order valence-electron chi connectivity index (χ1n) is 13.2. The summed E-state index contributed by atoms with van der Waals surface area (Å²) < 4.78 is 19.7. The van der Waals surface area contributed by atoms with Crippen LogP contribution in [0.4, 0.5) is 5.69 Å². The number of aromatic nitrogens is 1. The Hall–Kier alpha value is -4.71. The van der Waals surface area contributed by atoms with Gasteiger partial charge in [-0.15, -0.1) is 0 Å². The molecule has 6 heteroatoms. The molecule has 1 aliphatic heterocycles. The predicted octanol–water partition coefficient (Wildman–Crippen LogP) is 7.26. The summed E-state index contributed by atoms with van der Waals surface area (Å²) in [6, 6.07) is 26.6. The van der Waals surface area contributed by atoms with Crippen LogP contribution < -0.4 is 20.0 Å². The lowest BCUT2D eigenvalue weighted by molar-refractivity contribution is 0.287. The molecule has 194 valence electrons. The Morgan fingerprint density at radius 3 is 2.49 bits per heavy atom. The molecule has 0 amide bonds. The average molecular weight is 517 g/mol. The number of benzene rings is 4. The molecular weight excluding hydrogens is 488 g/mol. The molecule has 6 nitrogen and oxygen atoms in total. The molecule has 0 bridgehead atoms. The van der Waals surface area contributed by atoms with Crippen molar-refractivity contribution < 1.29 is 13.9 Å². The van der Waals surface area contributed by atoms with Gasteiger partial charge in [0, 0.05) is 63.2 Å². The molecule has 0 saturated heterocycles. The molecule has 0 saturated carbocycles. The molecule has 3 heterocycles. The van der Waals surface area contributed by atoms with Gasteiger partial charge in [-0.1, -0.05) is 30.3 Å². The second-order valence-corrected chi connectivity index (χ2v) is 10.0. The zero-order chi connectivity index (χ0) is 26.7. The Balaban J connectivity index is 1.33. The number of aryl methyl sites for hydroxylation is 2. The quantitative estimate of drug-likeness (QED) is 0.231. The molecule has 0 aliphatic carbocycles. The van der Waals surface area contributed by atoms with Gasteiger partial charge in [0.2, 0.25) is 0 Å². The minimum atomic E-state index is -0.381. The van der Waals surface area contributed by atoms with Crippen LogP contribution in [-0.2, 0) is 13.1 Å². The average Bonchev–Trinajstić information content (AvgIpc) is 3.30. The first-order valence-corrected chi connectivity index (χ1v) is 13.2. The molecule has 4 aromatic carbocycles. The first-order chi connectivity index (χ1) is 19.1. The molecule has 0 unspecified atom stereocenters. The van der Waals surface area contributed by atoms with E-state index in [1.165, 1.54) is 21.8 Å². The van der Waals surface area contributed by atoms with Crippen LogP contribution in [0.25, 0.3) is 43.9 Å². The molecule has 1 aliphatic rings. The molecule has 6 aromatic rings. The maximum absolute atomic E-state index is 12.5. The molecule has 39 heavy (non-hydrogen) atoms. The minimum Gasteiger partial charge on any atom is -0.497 e. The highest BCUT2D eigenvalue weighted by Crippen LogP contribution is 2.40. The number of methoxy groups -OCH3 is 1. The summed E-state index contributed by atoms with van der Waals surface area (Å²) in [7, 11) is 1.64. The van der Waals surface area contributed by atoms with Crippen molar-refractivity contribution in [2.45, 2.75) is 26.9 Å². The predicted molar refractivity (Wildman–Crippen MR) is 156 cm³/mol. The van der Waals surface area contributed by atoms with Gasteiger partial charge >= 0.3 is 5.63 Å². The van der Waals surface area contributed by atoms with Gasteiger partial charge in [0.1, 0.15) is 17.1 Å². The molecule has 2 aromatic heterocycles. The third-order valence-corrected chi connectivity index (χ3v) is 7.86. The smallest absolute Gasteiger partial charge is 0.336 e. The second-order valence-electron chi connectivity index (χ2n) is 10.0. The van der Waals surface area contributed by atoms with Crippen molar-refractivity contribution in [2.24, 2.45) is 0 Å². The van der Waals surface area contributed by atoms with Crippen LogP contribution in [0.3, 0.4) is 0 Å². The molecule has 7 rings (SSSR count). The van der Waals surface area contributed by atoms with Crippen LogP contribution in [0.2, 0.25) is 0 Å². The van der Waals surface area contributed by atoms with Crippen molar-refractivity contribution in [1.82, 2.24) is 4.57 Å². The van der Waals surface area contributed by atoms with Crippen molar-refractivity contribution in [3.8, 4) is 22.6 Å². The van der Waals surface area contributed by atoms with Gasteiger partial charge in [-0.05, 0) is 67.4 Å². The zero-order valence-electron chi connectivity index (χ0n) is 22.2. The van der Waals surface area contributed by atoms with E-state index in [1.807, 2.05) is 31.2 Å². The number of nitrogens with zero attached hydrogens (tertiary/aromatic N) is 2. The van der Waals surface area contributed by atoms with Crippen molar-refractivity contribution >= 4 is 38.5 Å². The highest BCUT2D eigenvalue weighted by Gasteiger charge is 2.24. The van der Waals surface area contributed by atoms with Gasteiger partial charge in [0.05, 0.1) is 7.11 Å². The van der Waals surface area contributed by atoms with Crippen LogP contribution in [0.15, 0.2) is 88.1 Å². The highest BCUT2D eigenvalue weighted by atomic mass is 16.5. The van der Waals surface area contributed by atoms with Crippen molar-refractivity contribution in [3.05, 3.63) is 100 Å². The lowest BCUT2D eigenvalue weighted by atomic mass is 9.96. The second kappa shape index (κ2) is 8.95. The number of anilines is 1. The lowest BCUT2D eigenvalue weighted by Gasteiger charge is -2.32. The molecular formula is C33H28N2O4. The van der Waals surface area contributed by atoms with Crippen LogP contribution in [-0.4, -0.2) is 18.4 Å². The number of rotatable bonds is 4. The van der Waals surface area contributed by atoms with E-state index in [0.717, 1.165) is 51.4 Å². The number of hydrogen-bond donors (Lipinski definition) is 0. The number of hydrogen-bond acceptors (Lipinski definition) is 5. The lowest BCUT2D eigenvalue weighted by Crippen LogP contribution is -2.32. The van der Waals surface area contributed by atoms with E-state index in [-0.39, 0.29) is 5.63 Å². The van der Waals surface area contributed by atoms with Crippen LogP contribution in [0, 0.1) is 6.92 Å². The summed E-state index contributed by atoms with van der Waals surface area (Å²) in [5.74, 6) is 1.56. The van der Waals surface area contributed by atoms with Crippen molar-refractivity contribution in [1.29, 1.82) is 0 Å². The fraction of sp³-hybridized carbons (Fsp3) is 0.182. The maximum atomic E-state index is 12.5. The van der Waals surface area contributed by atoms with E-state index in [9.17, 15) is 4.79 Å². The molecule has 0 atom stereocenters. The zero-order valence-corrected chi connectivity index (χ0v) is 22.2. The van der Waals surface area contributed by atoms with E-state index < -0.39 is 0 Å². The number of fused-ring (bicyclic) bond motifs is 5. The SMILES string of the molecule is CCn1c2ccccc2c2cc(N3COc4c(cc5c(-c6ccc(OC)cc6)cc(=O)oc5c4C)C3)ccc21. The highest BCUT2D eigenvalue weighted by molar-refractivity contribution is 6.09. The van der Waals surface area contributed by atoms with E-state index in [0.29, 0.717) is 18.9 Å². The van der Waals surface area contributed by atoms with Gasteiger partial charge in [-0.25, -0.2) is 4.79 Å². The van der Waals surface area contributed by atoms with Crippen LogP contribution in [0.1, 0.15) is 18.1 Å². The largest absolute Gasteiger partial charge is 0.497 e. The molecule has 0 radical (unpaired) electrons. The van der Waals surface area contributed by atoms with Crippen molar-refractivity contribution in [2.75, 3.05) is 18.7 Å². The van der Waals surface area contributed by atoms with E-state index in [4.69, 9.17) is 13.9 Å². The maximum Gasteiger partial charge on any atom is 0.336 e. The topological polar surface area (TPSA) is 56.8 Å². The standard InChI is InChI=1S/C33H28N2O4/c1-4-35-29-8-6-5-7-25(29)27-16-23(11-14-30(27)35)34-18-22-15-28-26(21-9-12-24(37-3)13-10-21)17-31(36)39-33(28)20(2)32(22)38-19-34/h5-17H,4,18-19H2,1-3H3. The Bertz CT molecular complexity index is 1950. The molecule has 0 N–H and O–H groups in total. The molecule has 0 spiro atoms. The van der Waals surface area contributed by atoms with E-state index in [1.54, 1.807) is 13.2 Å². The first kappa shape index (κ1) is 23.4. The Kier molecular flexibility index (Phi) is 5.37. The summed E-state index contributed by atoms with van der Waals surface area (Å²) in [6.07, 6.45) is 0. The Labute approximate surface area is 225 Å². The summed E-state index contributed by atoms with van der Waals surface area (Å²) in [5, 5.41) is 3.40. The summed E-state index contributed by atoms with van der Waals surface area (Å²) in [6.45, 7) is 6.17. The Morgan fingerprint density at radius 1 is 0.897 bits per heavy atom. The number of ether oxygens (including phenoxy) is 2. The fourth-order valence-corrected chi connectivity index (χ4v) is 5.97. The van der Waals surface area contributed by atoms with Crippen molar-refractivity contribution in [3.63, 3.8) is 0 Å². The fourth-order valence-electron chi connectivity index (χ4n) is 5.97. The van der Waals surface area contributed by atoms with Crippen LogP contribution in [0.5, 0.6) is 11.5 Å². The normalized spacial score (nSPS) is 13.2. The summed E-state index contributed by atoms with van der Waals surface area (Å²) in [4.78, 5) is 14.8. The summed E-state index contributed by atoms with van der Waals surface area (Å²) in [5.41, 5.74) is 7.45. The van der Waals surface area contributed by atoms with Crippen LogP contribution >= 0.6 is 0 Å². The third kappa shape index (κ3) is 3.67. The van der Waals surface area contributed by atoms with Gasteiger partial charge in [0.25, 0.3) is 0 Å². The van der Waals surface area contributed by atoms with Gasteiger partial charge in [-0.2, -0.15) is 0 Å². The van der Waals surface area contributed by atoms with Gasteiger partial charge < -0.3 is 23.4 Å². The monoisotopic (exact) mass is 516 g/mol. The van der Waals surface area contributed by atoms with E-state index in [2.05, 4.69) is 64.9 Å². The van der Waals surface area contributed by atoms with Gasteiger partial charge in [-0.3, -0.25) is 0 Å². The summed E-state index contributed by atoms with van der Waals surface area (Å²) >= 11 is 0. The minimum absolute atomic E-state index is 0.381. The van der Waals surface area contributed by atoms with Gasteiger partial charge in [0.15, 0.2) is 6.73 Å². The third-order valence-electron chi connectivity index (χ3n) is 7.86. The van der Waals surface area contributed by atoms with E-state index >= 15 is 0 Å². The number of para-hydroxylation sites is 1. The molecule has 0 fully saturated rings.